The first-order valence-electron chi connectivity index (χ1n) is 13.0. The molecule has 42 heavy (non-hydrogen) atoms. The molecule has 2 aromatic heterocycles. The number of β-lactam (4-membered cyclic amide) rings is 1. The van der Waals surface area contributed by atoms with Gasteiger partial charge >= 0.3 is 5.97 Å². The normalized spacial score (nSPS) is 18.3. The van der Waals surface area contributed by atoms with Gasteiger partial charge in [0.05, 0.1) is 6.54 Å². The molecule has 0 aromatic carbocycles. The fourth-order valence-electron chi connectivity index (χ4n) is 4.10. The molecule has 3 N–H and O–H groups in total. The van der Waals surface area contributed by atoms with E-state index in [1.165, 1.54) is 38.5 Å². The number of thiazole rings is 1. The summed E-state index contributed by atoms with van der Waals surface area (Å²) in [5.74, 6) is -1.92. The summed E-state index contributed by atoms with van der Waals surface area (Å²) in [7, 11) is 0. The lowest BCUT2D eigenvalue weighted by atomic mass is 10.0. The van der Waals surface area contributed by atoms with Crippen LogP contribution in [-0.2, 0) is 30.6 Å². The number of rotatable bonds is 17. The molecule has 4 rings (SSSR count). The van der Waals surface area contributed by atoms with Crippen molar-refractivity contribution in [3.05, 3.63) is 35.0 Å². The van der Waals surface area contributed by atoms with Gasteiger partial charge in [-0.25, -0.2) is 14.5 Å². The summed E-state index contributed by atoms with van der Waals surface area (Å²) in [4.78, 5) is 60.3. The van der Waals surface area contributed by atoms with Crippen LogP contribution in [0.15, 0.2) is 39.6 Å². The third-order valence-corrected chi connectivity index (χ3v) is 9.26. The van der Waals surface area contributed by atoms with Gasteiger partial charge in [0, 0.05) is 16.9 Å². The molecule has 0 saturated carbocycles. The molecule has 15 nitrogen and oxygen atoms in total. The second-order valence-corrected chi connectivity index (χ2v) is 11.9. The molecular weight excluding hydrogens is 607 g/mol. The fraction of sp³-hybridized carbons (Fsp3) is 0.458. The van der Waals surface area contributed by atoms with Crippen LogP contribution in [0, 0.1) is 0 Å². The van der Waals surface area contributed by atoms with Crippen LogP contribution >= 0.6 is 34.9 Å². The number of hydrogen-bond donors (Lipinski definition) is 3. The van der Waals surface area contributed by atoms with Crippen LogP contribution in [0.1, 0.15) is 38.3 Å². The Hall–Kier alpha value is -3.77. The van der Waals surface area contributed by atoms with E-state index in [1.807, 2.05) is 0 Å². The first-order chi connectivity index (χ1) is 20.4. The zero-order valence-corrected chi connectivity index (χ0v) is 25.0. The number of carboxylic acids is 1. The van der Waals surface area contributed by atoms with Gasteiger partial charge in [0.15, 0.2) is 10.8 Å². The van der Waals surface area contributed by atoms with Crippen LogP contribution < -0.4 is 10.6 Å². The molecule has 0 aliphatic carbocycles. The minimum Gasteiger partial charge on any atom is -0.477 e. The van der Waals surface area contributed by atoms with Gasteiger partial charge in [-0.15, -0.1) is 34.8 Å². The van der Waals surface area contributed by atoms with E-state index in [1.54, 1.807) is 6.08 Å². The topological polar surface area (TPSA) is 194 Å². The maximum atomic E-state index is 13.3. The monoisotopic (exact) mass is 635 g/mol. The summed E-state index contributed by atoms with van der Waals surface area (Å²) in [5.41, 5.74) is 0.435. The molecule has 0 spiro atoms. The maximum absolute atomic E-state index is 13.3. The van der Waals surface area contributed by atoms with E-state index in [4.69, 9.17) is 4.84 Å². The Labute approximate surface area is 253 Å². The van der Waals surface area contributed by atoms with Crippen molar-refractivity contribution in [2.75, 3.05) is 23.4 Å². The number of hydrogen-bond acceptors (Lipinski definition) is 13. The van der Waals surface area contributed by atoms with Crippen LogP contribution in [0.5, 0.6) is 0 Å². The highest BCUT2D eigenvalue weighted by atomic mass is 32.2. The highest BCUT2D eigenvalue weighted by Gasteiger charge is 2.54. The summed E-state index contributed by atoms with van der Waals surface area (Å²) in [6, 6.07) is -0.980. The number of allylic oxidation sites excluding steroid dienone is 1. The van der Waals surface area contributed by atoms with Gasteiger partial charge in [0.1, 0.15) is 29.4 Å². The summed E-state index contributed by atoms with van der Waals surface area (Å²) < 4.78 is 1.53. The third kappa shape index (κ3) is 7.16. The lowest BCUT2D eigenvalue weighted by Crippen LogP contribution is -2.71. The van der Waals surface area contributed by atoms with Crippen LogP contribution in [-0.4, -0.2) is 94.6 Å². The molecule has 1 fully saturated rings. The number of aromatic nitrogens is 5. The highest BCUT2D eigenvalue weighted by Crippen LogP contribution is 2.41. The molecule has 2 atom stereocenters. The molecule has 1 saturated heterocycles. The predicted molar refractivity (Wildman–Crippen MR) is 157 cm³/mol. The zero-order valence-electron chi connectivity index (χ0n) is 22.6. The predicted octanol–water partition coefficient (Wildman–Crippen LogP) is 1.72. The van der Waals surface area contributed by atoms with Crippen molar-refractivity contribution in [1.29, 1.82) is 0 Å². The van der Waals surface area contributed by atoms with Gasteiger partial charge in [-0.1, -0.05) is 42.8 Å². The first kappa shape index (κ1) is 31.2. The van der Waals surface area contributed by atoms with Crippen molar-refractivity contribution in [3.8, 4) is 0 Å². The number of nitrogens with one attached hydrogen (secondary N) is 2. The SMILES string of the molecule is C=CCn1nnnc1SCC1=C(C(=O)O)N2C(=O)C(NC(=O)C(=NOCCCCCC)c3csc(NC=O)n3)[C@@H]2SC1. The minimum atomic E-state index is -1.24. The summed E-state index contributed by atoms with van der Waals surface area (Å²) in [6.45, 7) is 6.45. The number of aliphatic carboxylic acids is 1. The number of thioether (sulfide) groups is 2. The molecule has 18 heteroatoms. The maximum Gasteiger partial charge on any atom is 0.352 e. The zero-order chi connectivity index (χ0) is 30.1. The molecule has 0 bridgehead atoms. The van der Waals surface area contributed by atoms with E-state index in [-0.39, 0.29) is 28.0 Å². The van der Waals surface area contributed by atoms with Crippen molar-refractivity contribution in [2.24, 2.45) is 5.16 Å². The van der Waals surface area contributed by atoms with Crippen molar-refractivity contribution >= 4 is 69.9 Å². The molecule has 4 heterocycles. The number of oxime groups is 1. The third-order valence-electron chi connectivity index (χ3n) is 6.10. The van der Waals surface area contributed by atoms with Crippen LogP contribution in [0.3, 0.4) is 0 Å². The van der Waals surface area contributed by atoms with E-state index in [9.17, 15) is 24.3 Å². The van der Waals surface area contributed by atoms with Crippen molar-refractivity contribution in [2.45, 2.75) is 55.7 Å². The lowest BCUT2D eigenvalue weighted by Gasteiger charge is -2.49. The quantitative estimate of drug-likeness (QED) is 0.0434. The average Bonchev–Trinajstić information content (AvgIpc) is 3.63. The molecule has 3 amide bonds. The van der Waals surface area contributed by atoms with Crippen molar-refractivity contribution in [1.82, 2.24) is 35.4 Å². The van der Waals surface area contributed by atoms with Gasteiger partial charge in [-0.2, -0.15) is 0 Å². The number of nitrogens with zero attached hydrogens (tertiary/aromatic N) is 7. The summed E-state index contributed by atoms with van der Waals surface area (Å²) >= 11 is 3.70. The molecule has 2 aliphatic rings. The minimum absolute atomic E-state index is 0.113. The fourth-order valence-corrected chi connectivity index (χ4v) is 7.13. The number of carbonyl (C=O) groups excluding carboxylic acids is 3. The Balaban J connectivity index is 1.46. The average molecular weight is 636 g/mol. The molecule has 224 valence electrons. The summed E-state index contributed by atoms with van der Waals surface area (Å²) in [5, 5.41) is 32.2. The Morgan fingerprint density at radius 1 is 1.36 bits per heavy atom. The van der Waals surface area contributed by atoms with Crippen LogP contribution in [0.4, 0.5) is 5.13 Å². The molecule has 2 aromatic rings. The second-order valence-electron chi connectivity index (χ2n) is 8.97. The van der Waals surface area contributed by atoms with Crippen LogP contribution in [0.25, 0.3) is 0 Å². The van der Waals surface area contributed by atoms with Gasteiger partial charge in [0.2, 0.25) is 11.6 Å². The Kier molecular flexibility index (Phi) is 11.1. The first-order valence-corrected chi connectivity index (χ1v) is 15.9. The van der Waals surface area contributed by atoms with Gasteiger partial charge in [-0.3, -0.25) is 19.3 Å². The van der Waals surface area contributed by atoms with Crippen molar-refractivity contribution in [3.63, 3.8) is 0 Å². The lowest BCUT2D eigenvalue weighted by molar-refractivity contribution is -0.150. The Morgan fingerprint density at radius 3 is 2.93 bits per heavy atom. The Bertz CT molecular complexity index is 1390. The number of unbranched alkanes of at least 4 members (excludes halogenated alkanes) is 3. The number of carboxylic acid groups (broad SMARTS) is 1. The molecular formula is C24H29N9O6S3. The van der Waals surface area contributed by atoms with E-state index in [0.717, 1.165) is 37.0 Å². The van der Waals surface area contributed by atoms with Gasteiger partial charge in [0.25, 0.3) is 11.8 Å². The number of anilines is 1. The number of tetrazole rings is 1. The Morgan fingerprint density at radius 2 is 2.19 bits per heavy atom. The summed E-state index contributed by atoms with van der Waals surface area (Å²) in [6.07, 6.45) is 5.92. The smallest absolute Gasteiger partial charge is 0.352 e. The molecule has 0 radical (unpaired) electrons. The molecule has 2 aliphatic heterocycles. The van der Waals surface area contributed by atoms with E-state index < -0.39 is 29.2 Å². The van der Waals surface area contributed by atoms with Gasteiger partial charge in [-0.05, 0) is 28.8 Å². The highest BCUT2D eigenvalue weighted by molar-refractivity contribution is 8.01. The van der Waals surface area contributed by atoms with E-state index in [0.29, 0.717) is 36.0 Å². The standard InChI is InChI=1S/C24H29N9O6S3/c1-3-5-6-7-9-39-29-16(15-12-41-23(26-15)25-13-34)19(35)27-17-20(36)33-18(22(37)38)14(10-40-21(17)33)11-42-24-28-30-31-32(24)8-4-2/h4,12-13,17,21H,2-3,5-11H2,1H3,(H,27,35)(H,37,38)(H,25,26,34)/t17?,21-/m0/s1. The van der Waals surface area contributed by atoms with Crippen molar-refractivity contribution < 1.29 is 29.1 Å². The number of amides is 3. The van der Waals surface area contributed by atoms with E-state index >= 15 is 0 Å². The number of fused-ring (bicyclic) bond motifs is 1. The number of carbonyl (C=O) groups is 4. The van der Waals surface area contributed by atoms with Crippen LogP contribution in [0.2, 0.25) is 0 Å². The van der Waals surface area contributed by atoms with E-state index in [2.05, 4.69) is 49.8 Å². The van der Waals surface area contributed by atoms with Gasteiger partial charge < -0.3 is 20.6 Å². The largest absolute Gasteiger partial charge is 0.477 e. The molecule has 1 unspecified atom stereocenters. The second kappa shape index (κ2) is 14.9.